The van der Waals surface area contributed by atoms with Crippen molar-refractivity contribution in [2.75, 3.05) is 12.4 Å². The number of fused-ring (bicyclic) bond motifs is 1. The number of rotatable bonds is 6. The molecule has 0 saturated carbocycles. The van der Waals surface area contributed by atoms with Gasteiger partial charge in [0.05, 0.1) is 23.3 Å². The van der Waals surface area contributed by atoms with Gasteiger partial charge in [0, 0.05) is 6.54 Å². The summed E-state index contributed by atoms with van der Waals surface area (Å²) >= 11 is 1.12. The molecule has 1 N–H and O–H groups in total. The van der Waals surface area contributed by atoms with Gasteiger partial charge in [-0.05, 0) is 25.0 Å². The van der Waals surface area contributed by atoms with Gasteiger partial charge in [-0.2, -0.15) is 0 Å². The number of nitrogens with one attached hydrogen (secondary N) is 1. The first-order valence-electron chi connectivity index (χ1n) is 8.01. The molecule has 1 aromatic carbocycles. The average Bonchev–Trinajstić information content (AvgIpc) is 2.56. The van der Waals surface area contributed by atoms with Gasteiger partial charge in [0.2, 0.25) is 5.91 Å². The van der Waals surface area contributed by atoms with Crippen molar-refractivity contribution in [2.45, 2.75) is 32.5 Å². The zero-order valence-electron chi connectivity index (χ0n) is 14.4. The maximum atomic E-state index is 12.7. The average molecular weight is 363 g/mol. The predicted octanol–water partition coefficient (Wildman–Crippen LogP) is 2.42. The smallest absolute Gasteiger partial charge is 0.413 e. The summed E-state index contributed by atoms with van der Waals surface area (Å²) in [5, 5.41) is 3.13. The van der Waals surface area contributed by atoms with Crippen molar-refractivity contribution < 1.29 is 14.3 Å². The van der Waals surface area contributed by atoms with Crippen molar-refractivity contribution in [3.63, 3.8) is 0 Å². The molecule has 0 atom stereocenters. The SMILES string of the molecule is CCOC(=O)NC(=O)CSc1nc2ccccc2c(=O)n1CC(C)C. The molecule has 0 aliphatic rings. The van der Waals surface area contributed by atoms with Gasteiger partial charge in [-0.1, -0.05) is 37.7 Å². The van der Waals surface area contributed by atoms with Gasteiger partial charge < -0.3 is 4.74 Å². The largest absolute Gasteiger partial charge is 0.450 e. The second-order valence-electron chi connectivity index (χ2n) is 5.78. The van der Waals surface area contributed by atoms with Crippen molar-refractivity contribution in [3.8, 4) is 0 Å². The Balaban J connectivity index is 2.25. The molecule has 7 nitrogen and oxygen atoms in total. The van der Waals surface area contributed by atoms with Crippen molar-refractivity contribution >= 4 is 34.7 Å². The molecule has 8 heteroatoms. The van der Waals surface area contributed by atoms with E-state index in [9.17, 15) is 14.4 Å². The maximum Gasteiger partial charge on any atom is 0.413 e. The van der Waals surface area contributed by atoms with E-state index >= 15 is 0 Å². The molecule has 25 heavy (non-hydrogen) atoms. The van der Waals surface area contributed by atoms with Crippen LogP contribution in [0.5, 0.6) is 0 Å². The number of nitrogens with zero attached hydrogens (tertiary/aromatic N) is 2. The minimum absolute atomic E-state index is 0.0400. The summed E-state index contributed by atoms with van der Waals surface area (Å²) in [5.41, 5.74) is 0.452. The zero-order chi connectivity index (χ0) is 18.4. The van der Waals surface area contributed by atoms with Crippen LogP contribution in [0.15, 0.2) is 34.2 Å². The standard InChI is InChI=1S/C17H21N3O4S/c1-4-24-17(23)19-14(21)10-25-16-18-13-8-6-5-7-12(13)15(22)20(16)9-11(2)3/h5-8,11H,4,9-10H2,1-3H3,(H,19,21,23). The van der Waals surface area contributed by atoms with E-state index in [1.165, 1.54) is 0 Å². The second-order valence-corrected chi connectivity index (χ2v) is 6.72. The molecular formula is C17H21N3O4S. The molecule has 2 rings (SSSR count). The van der Waals surface area contributed by atoms with Crippen LogP contribution in [-0.2, 0) is 16.1 Å². The van der Waals surface area contributed by atoms with Crippen LogP contribution in [0.4, 0.5) is 4.79 Å². The van der Waals surface area contributed by atoms with E-state index in [1.54, 1.807) is 29.7 Å². The quantitative estimate of drug-likeness (QED) is 0.626. The molecule has 0 radical (unpaired) electrons. The molecule has 0 spiro atoms. The number of hydrogen-bond donors (Lipinski definition) is 1. The molecule has 1 heterocycles. The van der Waals surface area contributed by atoms with E-state index < -0.39 is 12.0 Å². The number of amides is 2. The fourth-order valence-electron chi connectivity index (χ4n) is 2.23. The third-order valence-electron chi connectivity index (χ3n) is 3.22. The monoisotopic (exact) mass is 363 g/mol. The predicted molar refractivity (Wildman–Crippen MR) is 96.7 cm³/mol. The number of carbonyl (C=O) groups excluding carboxylic acids is 2. The van der Waals surface area contributed by atoms with E-state index in [-0.39, 0.29) is 23.8 Å². The number of aromatic nitrogens is 2. The van der Waals surface area contributed by atoms with Crippen LogP contribution >= 0.6 is 11.8 Å². The zero-order valence-corrected chi connectivity index (χ0v) is 15.3. The van der Waals surface area contributed by atoms with Crippen molar-refractivity contribution in [1.82, 2.24) is 14.9 Å². The van der Waals surface area contributed by atoms with Crippen LogP contribution in [0.25, 0.3) is 10.9 Å². The van der Waals surface area contributed by atoms with E-state index in [0.29, 0.717) is 22.6 Å². The van der Waals surface area contributed by atoms with Crippen LogP contribution in [0.2, 0.25) is 0 Å². The number of thioether (sulfide) groups is 1. The van der Waals surface area contributed by atoms with Gasteiger partial charge in [0.25, 0.3) is 5.56 Å². The fraction of sp³-hybridized carbons (Fsp3) is 0.412. The lowest BCUT2D eigenvalue weighted by Gasteiger charge is -2.14. The molecule has 1 aromatic heterocycles. The minimum atomic E-state index is -0.779. The Bertz CT molecular complexity index is 832. The van der Waals surface area contributed by atoms with Crippen LogP contribution in [0.1, 0.15) is 20.8 Å². The van der Waals surface area contributed by atoms with Gasteiger partial charge in [-0.25, -0.2) is 9.78 Å². The number of hydrogen-bond acceptors (Lipinski definition) is 6. The normalized spacial score (nSPS) is 10.9. The molecular weight excluding hydrogens is 342 g/mol. The lowest BCUT2D eigenvalue weighted by molar-refractivity contribution is -0.117. The lowest BCUT2D eigenvalue weighted by Crippen LogP contribution is -2.33. The molecule has 2 amide bonds. The number of alkyl carbamates (subject to hydrolysis) is 1. The highest BCUT2D eigenvalue weighted by Crippen LogP contribution is 2.18. The number of ether oxygens (including phenoxy) is 1. The molecule has 2 aromatic rings. The topological polar surface area (TPSA) is 90.3 Å². The van der Waals surface area contributed by atoms with Gasteiger partial charge >= 0.3 is 6.09 Å². The highest BCUT2D eigenvalue weighted by molar-refractivity contribution is 7.99. The summed E-state index contributed by atoms with van der Waals surface area (Å²) in [6.07, 6.45) is -0.779. The third kappa shape index (κ3) is 5.06. The van der Waals surface area contributed by atoms with Gasteiger partial charge in [0.1, 0.15) is 0 Å². The molecule has 0 aliphatic heterocycles. The Morgan fingerprint density at radius 1 is 1.32 bits per heavy atom. The Labute approximate surface area is 149 Å². The highest BCUT2D eigenvalue weighted by atomic mass is 32.2. The summed E-state index contributed by atoms with van der Waals surface area (Å²) in [6.45, 7) is 6.35. The molecule has 0 saturated heterocycles. The number of imide groups is 1. The minimum Gasteiger partial charge on any atom is -0.450 e. The van der Waals surface area contributed by atoms with Crippen molar-refractivity contribution in [2.24, 2.45) is 5.92 Å². The summed E-state index contributed by atoms with van der Waals surface area (Å²) < 4.78 is 6.25. The van der Waals surface area contributed by atoms with Crippen LogP contribution < -0.4 is 10.9 Å². The first kappa shape index (κ1) is 19.0. The lowest BCUT2D eigenvalue weighted by atomic mass is 10.2. The molecule has 0 bridgehead atoms. The summed E-state index contributed by atoms with van der Waals surface area (Å²) in [4.78, 5) is 40.3. The first-order chi connectivity index (χ1) is 11.9. The van der Waals surface area contributed by atoms with Crippen LogP contribution in [-0.4, -0.2) is 33.9 Å². The molecule has 0 fully saturated rings. The van der Waals surface area contributed by atoms with Gasteiger partial charge in [-0.15, -0.1) is 0 Å². The third-order valence-corrected chi connectivity index (χ3v) is 4.20. The van der Waals surface area contributed by atoms with E-state index in [1.807, 2.05) is 19.9 Å². The van der Waals surface area contributed by atoms with Gasteiger partial charge in [0.15, 0.2) is 5.16 Å². The van der Waals surface area contributed by atoms with E-state index in [4.69, 9.17) is 0 Å². The van der Waals surface area contributed by atoms with Crippen molar-refractivity contribution in [1.29, 1.82) is 0 Å². The maximum absolute atomic E-state index is 12.7. The Morgan fingerprint density at radius 3 is 2.72 bits per heavy atom. The highest BCUT2D eigenvalue weighted by Gasteiger charge is 2.15. The molecule has 134 valence electrons. The van der Waals surface area contributed by atoms with Crippen LogP contribution in [0.3, 0.4) is 0 Å². The Morgan fingerprint density at radius 2 is 2.04 bits per heavy atom. The van der Waals surface area contributed by atoms with Crippen LogP contribution in [0, 0.1) is 5.92 Å². The van der Waals surface area contributed by atoms with Gasteiger partial charge in [-0.3, -0.25) is 19.5 Å². The molecule has 0 unspecified atom stereocenters. The van der Waals surface area contributed by atoms with E-state index in [0.717, 1.165) is 11.8 Å². The van der Waals surface area contributed by atoms with E-state index in [2.05, 4.69) is 15.0 Å². The Hall–Kier alpha value is -2.35. The summed E-state index contributed by atoms with van der Waals surface area (Å²) in [5.74, 6) is -0.294. The fourth-order valence-corrected chi connectivity index (χ4v) is 3.04. The Kier molecular flexibility index (Phi) is 6.58. The summed E-state index contributed by atoms with van der Waals surface area (Å²) in [7, 11) is 0. The summed E-state index contributed by atoms with van der Waals surface area (Å²) in [6, 6.07) is 7.11. The molecule has 0 aliphatic carbocycles. The first-order valence-corrected chi connectivity index (χ1v) is 9.00. The second kappa shape index (κ2) is 8.66. The number of benzene rings is 1. The van der Waals surface area contributed by atoms with Crippen molar-refractivity contribution in [3.05, 3.63) is 34.6 Å². The number of carbonyl (C=O) groups is 2. The number of para-hydroxylation sites is 1.